The lowest BCUT2D eigenvalue weighted by atomic mass is 9.50. The average Bonchev–Trinajstić information content (AvgIpc) is 3.13. The van der Waals surface area contributed by atoms with Crippen LogP contribution >= 0.6 is 0 Å². The Hall–Kier alpha value is -2.62. The van der Waals surface area contributed by atoms with Gasteiger partial charge in [0.2, 0.25) is 0 Å². The van der Waals surface area contributed by atoms with Gasteiger partial charge in [-0.05, 0) is 58.0 Å². The van der Waals surface area contributed by atoms with Crippen molar-refractivity contribution in [3.63, 3.8) is 0 Å². The van der Waals surface area contributed by atoms with Crippen molar-refractivity contribution in [2.24, 2.45) is 5.73 Å². The van der Waals surface area contributed by atoms with Gasteiger partial charge in [-0.3, -0.25) is 4.79 Å². The highest BCUT2D eigenvalue weighted by molar-refractivity contribution is 5.82. The molecule has 5 rings (SSSR count). The van der Waals surface area contributed by atoms with Gasteiger partial charge in [-0.1, -0.05) is 6.07 Å². The summed E-state index contributed by atoms with van der Waals surface area (Å²) in [5.74, 6) is 0.102. The predicted molar refractivity (Wildman–Crippen MR) is 117 cm³/mol. The topological polar surface area (TPSA) is 121 Å². The Labute approximate surface area is 192 Å². The standard InChI is InChI=1S/C24H30N2O7/c1-12(25)21(27)31-13(2)22(28)32-16-7-8-24(29)17-11-14-5-6-15(30-4)19-18(14)23(24,20(16)33-19)9-10-26(17)3/h5-7,12-13,17,20,29H,8-11,25H2,1-4H3/t12-,13-,17?,20-,23-,24-/m0/s1. The Bertz CT molecular complexity index is 1050. The molecule has 0 radical (unpaired) electrons. The summed E-state index contributed by atoms with van der Waals surface area (Å²) in [6.45, 7) is 3.70. The van der Waals surface area contributed by atoms with E-state index < -0.39 is 41.2 Å². The van der Waals surface area contributed by atoms with Crippen LogP contribution in [0, 0.1) is 0 Å². The fourth-order valence-electron chi connectivity index (χ4n) is 6.12. The molecule has 6 atom stereocenters. The number of benzene rings is 1. The van der Waals surface area contributed by atoms with Crippen LogP contribution in [0.2, 0.25) is 0 Å². The lowest BCUT2D eigenvalue weighted by molar-refractivity contribution is -0.175. The molecule has 2 aliphatic heterocycles. The Kier molecular flexibility index (Phi) is 5.00. The fourth-order valence-corrected chi connectivity index (χ4v) is 6.12. The lowest BCUT2D eigenvalue weighted by Gasteiger charge is -2.61. The maximum absolute atomic E-state index is 12.8. The van der Waals surface area contributed by atoms with Gasteiger partial charge in [0.05, 0.1) is 18.1 Å². The first-order chi connectivity index (χ1) is 15.6. The van der Waals surface area contributed by atoms with Gasteiger partial charge >= 0.3 is 11.9 Å². The van der Waals surface area contributed by atoms with E-state index in [0.29, 0.717) is 36.5 Å². The second kappa shape index (κ2) is 7.44. The summed E-state index contributed by atoms with van der Waals surface area (Å²) in [5.41, 5.74) is 5.75. The van der Waals surface area contributed by atoms with E-state index in [0.717, 1.165) is 17.7 Å². The van der Waals surface area contributed by atoms with Gasteiger partial charge < -0.3 is 34.7 Å². The number of aliphatic hydroxyl groups is 1. The summed E-state index contributed by atoms with van der Waals surface area (Å²) in [7, 11) is 3.61. The zero-order chi connectivity index (χ0) is 23.7. The molecule has 33 heavy (non-hydrogen) atoms. The quantitative estimate of drug-likeness (QED) is 0.617. The third-order valence-corrected chi connectivity index (χ3v) is 7.77. The normalized spacial score (nSPS) is 33.2. The van der Waals surface area contributed by atoms with E-state index in [1.165, 1.54) is 13.8 Å². The van der Waals surface area contributed by atoms with E-state index in [1.54, 1.807) is 13.2 Å². The number of nitrogens with zero attached hydrogens (tertiary/aromatic N) is 1. The highest BCUT2D eigenvalue weighted by Crippen LogP contribution is 2.65. The van der Waals surface area contributed by atoms with Crippen molar-refractivity contribution in [2.45, 2.75) is 68.4 Å². The molecule has 1 aromatic rings. The molecule has 0 amide bonds. The van der Waals surface area contributed by atoms with Crippen LogP contribution in [0.5, 0.6) is 11.5 Å². The zero-order valence-corrected chi connectivity index (χ0v) is 19.3. The van der Waals surface area contributed by atoms with Crippen LogP contribution in [0.1, 0.15) is 37.8 Å². The number of hydrogen-bond donors (Lipinski definition) is 2. The van der Waals surface area contributed by atoms with Crippen LogP contribution in [0.15, 0.2) is 24.0 Å². The van der Waals surface area contributed by atoms with Crippen LogP contribution in [-0.4, -0.2) is 72.5 Å². The highest BCUT2D eigenvalue weighted by Gasteiger charge is 2.72. The van der Waals surface area contributed by atoms with E-state index >= 15 is 0 Å². The smallest absolute Gasteiger partial charge is 0.352 e. The lowest BCUT2D eigenvalue weighted by Crippen LogP contribution is -2.74. The number of nitrogens with two attached hydrogens (primary N) is 1. The largest absolute Gasteiger partial charge is 0.493 e. The fraction of sp³-hybridized carbons (Fsp3) is 0.583. The predicted octanol–water partition coefficient (Wildman–Crippen LogP) is 0.795. The number of esters is 2. The molecular weight excluding hydrogens is 428 g/mol. The minimum atomic E-state index is -1.13. The van der Waals surface area contributed by atoms with Crippen molar-refractivity contribution in [3.05, 3.63) is 35.1 Å². The number of likely N-dealkylation sites (N-methyl/N-ethyl adjacent to an activating group) is 1. The van der Waals surface area contributed by atoms with Crippen molar-refractivity contribution >= 4 is 11.9 Å². The van der Waals surface area contributed by atoms with E-state index in [-0.39, 0.29) is 6.04 Å². The molecule has 2 aliphatic carbocycles. The molecule has 9 heteroatoms. The number of likely N-dealkylation sites (tertiary alicyclic amines) is 1. The van der Waals surface area contributed by atoms with Crippen molar-refractivity contribution in [1.82, 2.24) is 4.90 Å². The van der Waals surface area contributed by atoms with Gasteiger partial charge in [-0.15, -0.1) is 0 Å². The van der Waals surface area contributed by atoms with E-state index in [4.69, 9.17) is 24.7 Å². The Balaban J connectivity index is 1.54. The summed E-state index contributed by atoms with van der Waals surface area (Å²) in [5, 5.41) is 12.2. The third kappa shape index (κ3) is 2.88. The molecule has 4 aliphatic rings. The molecule has 0 aromatic heterocycles. The second-order valence-electron chi connectivity index (χ2n) is 9.57. The van der Waals surface area contributed by atoms with Crippen LogP contribution < -0.4 is 15.2 Å². The molecule has 1 unspecified atom stereocenters. The zero-order valence-electron chi connectivity index (χ0n) is 19.3. The number of carbonyl (C=O) groups is 2. The molecular formula is C24H30N2O7. The molecule has 1 aromatic carbocycles. The van der Waals surface area contributed by atoms with Gasteiger partial charge in [-0.25, -0.2) is 4.79 Å². The number of rotatable bonds is 5. The summed E-state index contributed by atoms with van der Waals surface area (Å²) in [6, 6.07) is 2.98. The molecule has 178 valence electrons. The Morgan fingerprint density at radius 2 is 2.06 bits per heavy atom. The van der Waals surface area contributed by atoms with E-state index in [1.807, 2.05) is 19.2 Å². The van der Waals surface area contributed by atoms with E-state index in [2.05, 4.69) is 4.90 Å². The van der Waals surface area contributed by atoms with Gasteiger partial charge in [0, 0.05) is 18.0 Å². The van der Waals surface area contributed by atoms with Crippen molar-refractivity contribution in [2.75, 3.05) is 20.7 Å². The number of ether oxygens (including phenoxy) is 4. The second-order valence-corrected chi connectivity index (χ2v) is 9.57. The maximum Gasteiger partial charge on any atom is 0.352 e. The summed E-state index contributed by atoms with van der Waals surface area (Å²) in [6.07, 6.45) is 1.56. The van der Waals surface area contributed by atoms with Crippen molar-refractivity contribution in [1.29, 1.82) is 0 Å². The molecule has 2 bridgehead atoms. The van der Waals surface area contributed by atoms with Gasteiger partial charge in [0.1, 0.15) is 11.8 Å². The first kappa shape index (κ1) is 22.2. The number of methoxy groups -OCH3 is 1. The van der Waals surface area contributed by atoms with Gasteiger partial charge in [0.25, 0.3) is 0 Å². The van der Waals surface area contributed by atoms with E-state index in [9.17, 15) is 14.7 Å². The highest BCUT2D eigenvalue weighted by atomic mass is 16.6. The third-order valence-electron chi connectivity index (χ3n) is 7.77. The molecule has 3 N–H and O–H groups in total. The Morgan fingerprint density at radius 1 is 1.30 bits per heavy atom. The number of hydrogen-bond acceptors (Lipinski definition) is 9. The first-order valence-electron chi connectivity index (χ1n) is 11.3. The molecule has 1 saturated heterocycles. The summed E-state index contributed by atoms with van der Waals surface area (Å²) >= 11 is 0. The van der Waals surface area contributed by atoms with Gasteiger partial charge in [-0.2, -0.15) is 0 Å². The molecule has 1 spiro atoms. The van der Waals surface area contributed by atoms with Crippen molar-refractivity contribution < 1.29 is 33.6 Å². The minimum Gasteiger partial charge on any atom is -0.493 e. The Morgan fingerprint density at radius 3 is 2.76 bits per heavy atom. The molecule has 0 saturated carbocycles. The van der Waals surface area contributed by atoms with Crippen LogP contribution in [-0.2, 0) is 30.9 Å². The van der Waals surface area contributed by atoms with Crippen LogP contribution in [0.4, 0.5) is 0 Å². The maximum atomic E-state index is 12.8. The summed E-state index contributed by atoms with van der Waals surface area (Å²) in [4.78, 5) is 26.8. The first-order valence-corrected chi connectivity index (χ1v) is 11.3. The average molecular weight is 459 g/mol. The van der Waals surface area contributed by atoms with Crippen LogP contribution in [0.25, 0.3) is 0 Å². The number of carbonyl (C=O) groups excluding carboxylic acids is 2. The molecule has 2 heterocycles. The number of piperidine rings is 1. The summed E-state index contributed by atoms with van der Waals surface area (Å²) < 4.78 is 22.9. The SMILES string of the molecule is COc1ccc2c3c1O[C@H]1C(OC(=O)[C@H](C)OC(=O)[C@H](C)N)=CC[C@]4(O)C(C2)N(C)CC[C@]314. The molecule has 9 nitrogen and oxygen atoms in total. The minimum absolute atomic E-state index is 0.0939. The van der Waals surface area contributed by atoms with Crippen LogP contribution in [0.3, 0.4) is 0 Å². The monoisotopic (exact) mass is 458 g/mol. The van der Waals surface area contributed by atoms with Gasteiger partial charge in [0.15, 0.2) is 23.7 Å². The van der Waals surface area contributed by atoms with Crippen molar-refractivity contribution in [3.8, 4) is 11.5 Å². The molecule has 1 fully saturated rings.